The van der Waals surface area contributed by atoms with Crippen LogP contribution in [-0.4, -0.2) is 14.1 Å². The molecule has 6 nitrogen and oxygen atoms in total. The molecule has 3 aromatic heterocycles. The Kier molecular flexibility index (Phi) is 5.24. The Bertz CT molecular complexity index is 1450. The lowest BCUT2D eigenvalue weighted by atomic mass is 10.2. The van der Waals surface area contributed by atoms with Gasteiger partial charge in [0.25, 0.3) is 5.56 Å². The molecule has 0 aliphatic heterocycles. The summed E-state index contributed by atoms with van der Waals surface area (Å²) in [6.07, 6.45) is 1.24. The predicted octanol–water partition coefficient (Wildman–Crippen LogP) is 4.29. The highest BCUT2D eigenvalue weighted by Crippen LogP contribution is 2.35. The van der Waals surface area contributed by atoms with Crippen LogP contribution >= 0.6 is 22.9 Å². The molecule has 0 unspecified atom stereocenters. The molecular formula is C21H14ClFN4O2S. The summed E-state index contributed by atoms with van der Waals surface area (Å²) in [6, 6.07) is 12.4. The molecule has 4 aromatic rings. The number of fused-ring (bicyclic) bond motifs is 1. The first kappa shape index (κ1) is 20.0. The minimum Gasteiger partial charge on any atom is -0.291 e. The van der Waals surface area contributed by atoms with Crippen LogP contribution < -0.4 is 11.2 Å². The number of hydrogen-bond acceptors (Lipinski definition) is 5. The van der Waals surface area contributed by atoms with Gasteiger partial charge in [0, 0.05) is 27.6 Å². The Morgan fingerprint density at radius 1 is 1.27 bits per heavy atom. The third kappa shape index (κ3) is 3.32. The van der Waals surface area contributed by atoms with Crippen molar-refractivity contribution in [3.05, 3.63) is 80.0 Å². The number of nitrogens with zero attached hydrogens (tertiary/aromatic N) is 4. The number of thiophene rings is 1. The molecule has 30 heavy (non-hydrogen) atoms. The third-order valence-electron chi connectivity index (χ3n) is 4.67. The topological polar surface area (TPSA) is 80.7 Å². The van der Waals surface area contributed by atoms with E-state index in [1.165, 1.54) is 28.9 Å². The highest BCUT2D eigenvalue weighted by molar-refractivity contribution is 7.22. The lowest BCUT2D eigenvalue weighted by molar-refractivity contribution is 0.572. The van der Waals surface area contributed by atoms with Gasteiger partial charge < -0.3 is 0 Å². The standard InChI is InChI=1S/C21H14ClFN4O2S/c1-12-9-13(11-25-19(12)23)27-20(28)18-16(26(21(27)29)8-4-7-24)10-17(30-18)14-5-2-3-6-15(14)22/h2-3,5-6,9-11H,4,8H2,1H3. The number of halogens is 2. The maximum Gasteiger partial charge on any atom is 0.336 e. The van der Waals surface area contributed by atoms with Gasteiger partial charge in [0.1, 0.15) is 4.70 Å². The smallest absolute Gasteiger partial charge is 0.291 e. The lowest BCUT2D eigenvalue weighted by Crippen LogP contribution is -2.38. The van der Waals surface area contributed by atoms with E-state index in [1.807, 2.05) is 18.2 Å². The average Bonchev–Trinajstić information content (AvgIpc) is 3.16. The summed E-state index contributed by atoms with van der Waals surface area (Å²) in [6.45, 7) is 1.61. The molecule has 0 saturated heterocycles. The maximum absolute atomic E-state index is 13.6. The van der Waals surface area contributed by atoms with E-state index < -0.39 is 17.2 Å². The molecule has 3 heterocycles. The van der Waals surface area contributed by atoms with Crippen LogP contribution in [0.4, 0.5) is 4.39 Å². The Balaban J connectivity index is 2.06. The minimum absolute atomic E-state index is 0.0885. The van der Waals surface area contributed by atoms with Crippen molar-refractivity contribution in [2.45, 2.75) is 19.9 Å². The Morgan fingerprint density at radius 3 is 2.73 bits per heavy atom. The zero-order valence-corrected chi connectivity index (χ0v) is 17.3. The van der Waals surface area contributed by atoms with Crippen LogP contribution in [0.25, 0.3) is 26.3 Å². The fourth-order valence-electron chi connectivity index (χ4n) is 3.21. The maximum atomic E-state index is 13.6. The molecule has 0 radical (unpaired) electrons. The second kappa shape index (κ2) is 7.86. The van der Waals surface area contributed by atoms with Crippen LogP contribution in [0.5, 0.6) is 0 Å². The van der Waals surface area contributed by atoms with Gasteiger partial charge in [0.2, 0.25) is 5.95 Å². The van der Waals surface area contributed by atoms with E-state index in [9.17, 15) is 14.0 Å². The highest BCUT2D eigenvalue weighted by Gasteiger charge is 2.19. The average molecular weight is 441 g/mol. The molecule has 0 atom stereocenters. The number of benzene rings is 1. The summed E-state index contributed by atoms with van der Waals surface area (Å²) in [5.41, 5.74) is 0.418. The fraction of sp³-hybridized carbons (Fsp3) is 0.143. The molecule has 0 fully saturated rings. The third-order valence-corrected chi connectivity index (χ3v) is 6.14. The Hall–Kier alpha value is -3.28. The largest absolute Gasteiger partial charge is 0.336 e. The van der Waals surface area contributed by atoms with Crippen molar-refractivity contribution in [1.29, 1.82) is 5.26 Å². The van der Waals surface area contributed by atoms with Crippen LogP contribution in [0.15, 0.2) is 52.2 Å². The number of hydrogen-bond donors (Lipinski definition) is 0. The monoisotopic (exact) mass is 440 g/mol. The number of aryl methyl sites for hydroxylation is 2. The molecule has 0 amide bonds. The molecule has 9 heteroatoms. The van der Waals surface area contributed by atoms with E-state index in [0.717, 1.165) is 21.2 Å². The van der Waals surface area contributed by atoms with Crippen molar-refractivity contribution in [3.8, 4) is 22.2 Å². The molecule has 1 aromatic carbocycles. The van der Waals surface area contributed by atoms with Crippen LogP contribution in [-0.2, 0) is 6.54 Å². The quantitative estimate of drug-likeness (QED) is 0.443. The summed E-state index contributed by atoms with van der Waals surface area (Å²) >= 11 is 7.52. The van der Waals surface area contributed by atoms with E-state index in [1.54, 1.807) is 18.2 Å². The summed E-state index contributed by atoms with van der Waals surface area (Å²) in [5, 5.41) is 9.54. The summed E-state index contributed by atoms with van der Waals surface area (Å²) < 4.78 is 16.3. The zero-order chi connectivity index (χ0) is 21.4. The van der Waals surface area contributed by atoms with Crippen molar-refractivity contribution < 1.29 is 4.39 Å². The van der Waals surface area contributed by atoms with Gasteiger partial charge in [-0.3, -0.25) is 9.36 Å². The van der Waals surface area contributed by atoms with E-state index in [2.05, 4.69) is 4.98 Å². The highest BCUT2D eigenvalue weighted by atomic mass is 35.5. The van der Waals surface area contributed by atoms with E-state index >= 15 is 0 Å². The minimum atomic E-state index is -0.671. The van der Waals surface area contributed by atoms with Gasteiger partial charge in [0.15, 0.2) is 0 Å². The van der Waals surface area contributed by atoms with E-state index in [0.29, 0.717) is 15.2 Å². The van der Waals surface area contributed by atoms with Crippen molar-refractivity contribution in [1.82, 2.24) is 14.1 Å². The zero-order valence-electron chi connectivity index (χ0n) is 15.7. The lowest BCUT2D eigenvalue weighted by Gasteiger charge is -2.11. The number of aromatic nitrogens is 3. The molecular weight excluding hydrogens is 427 g/mol. The first-order valence-electron chi connectivity index (χ1n) is 8.96. The fourth-order valence-corrected chi connectivity index (χ4v) is 4.64. The SMILES string of the molecule is Cc1cc(-n2c(=O)c3sc(-c4ccccc4Cl)cc3n(CCC#N)c2=O)cnc1F. The number of nitriles is 1. The normalized spacial score (nSPS) is 11.0. The predicted molar refractivity (Wildman–Crippen MR) is 115 cm³/mol. The molecule has 0 bridgehead atoms. The van der Waals surface area contributed by atoms with E-state index in [4.69, 9.17) is 16.9 Å². The summed E-state index contributed by atoms with van der Waals surface area (Å²) in [7, 11) is 0. The van der Waals surface area contributed by atoms with Crippen molar-refractivity contribution in [2.24, 2.45) is 0 Å². The molecule has 0 aliphatic carbocycles. The molecule has 0 N–H and O–H groups in total. The molecule has 0 saturated carbocycles. The van der Waals surface area contributed by atoms with Gasteiger partial charge in [-0.05, 0) is 25.1 Å². The second-order valence-electron chi connectivity index (χ2n) is 6.59. The molecule has 150 valence electrons. The van der Waals surface area contributed by atoms with Gasteiger partial charge in [-0.1, -0.05) is 29.8 Å². The van der Waals surface area contributed by atoms with Gasteiger partial charge in [-0.15, -0.1) is 11.3 Å². The Morgan fingerprint density at radius 2 is 2.03 bits per heavy atom. The van der Waals surface area contributed by atoms with E-state index in [-0.39, 0.29) is 24.2 Å². The van der Waals surface area contributed by atoms with Crippen molar-refractivity contribution >= 4 is 33.2 Å². The van der Waals surface area contributed by atoms with Gasteiger partial charge in [-0.25, -0.2) is 14.3 Å². The van der Waals surface area contributed by atoms with Gasteiger partial charge in [0.05, 0.1) is 29.9 Å². The molecule has 4 rings (SSSR count). The van der Waals surface area contributed by atoms with Crippen LogP contribution in [0, 0.1) is 24.2 Å². The van der Waals surface area contributed by atoms with Crippen LogP contribution in [0.2, 0.25) is 5.02 Å². The first-order chi connectivity index (χ1) is 14.4. The number of pyridine rings is 1. The van der Waals surface area contributed by atoms with Crippen molar-refractivity contribution in [2.75, 3.05) is 0 Å². The number of rotatable bonds is 4. The van der Waals surface area contributed by atoms with Gasteiger partial charge >= 0.3 is 5.69 Å². The first-order valence-corrected chi connectivity index (χ1v) is 10.2. The second-order valence-corrected chi connectivity index (χ2v) is 8.05. The Labute approximate surface area is 179 Å². The van der Waals surface area contributed by atoms with Gasteiger partial charge in [-0.2, -0.15) is 9.65 Å². The van der Waals surface area contributed by atoms with Crippen LogP contribution in [0.1, 0.15) is 12.0 Å². The van der Waals surface area contributed by atoms with Crippen molar-refractivity contribution in [3.63, 3.8) is 0 Å². The summed E-state index contributed by atoms with van der Waals surface area (Å²) in [4.78, 5) is 30.8. The summed E-state index contributed by atoms with van der Waals surface area (Å²) in [5.74, 6) is -0.671. The molecule has 0 aliphatic rings. The molecule has 0 spiro atoms. The van der Waals surface area contributed by atoms with Crippen LogP contribution in [0.3, 0.4) is 0 Å².